The summed E-state index contributed by atoms with van der Waals surface area (Å²) in [5, 5.41) is 11.8. The molecule has 2 saturated carbocycles. The van der Waals surface area contributed by atoms with Crippen LogP contribution in [0.2, 0.25) is 0 Å². The maximum atomic E-state index is 13.2. The normalized spacial score (nSPS) is 27.0. The first kappa shape index (κ1) is 21.7. The molecule has 2 N–H and O–H groups in total. The van der Waals surface area contributed by atoms with Crippen LogP contribution in [0.1, 0.15) is 24.0 Å². The van der Waals surface area contributed by atoms with Gasteiger partial charge in [0.1, 0.15) is 18.8 Å². The van der Waals surface area contributed by atoms with Crippen LogP contribution >= 0.6 is 0 Å². The number of rotatable bonds is 7. The van der Waals surface area contributed by atoms with Crippen molar-refractivity contribution in [2.45, 2.75) is 31.2 Å². The van der Waals surface area contributed by atoms with E-state index in [0.717, 1.165) is 6.07 Å². The Morgan fingerprint density at radius 2 is 1.97 bits per heavy atom. The molecule has 1 aromatic rings. The monoisotopic (exact) mass is 427 g/mol. The zero-order valence-electron chi connectivity index (χ0n) is 15.8. The Kier molecular flexibility index (Phi) is 5.78. The number of carboxylic acids is 1. The molecule has 0 aliphatic heterocycles. The quantitative estimate of drug-likeness (QED) is 0.512. The summed E-state index contributed by atoms with van der Waals surface area (Å²) in [6.45, 7) is 2.60. The van der Waals surface area contributed by atoms with Gasteiger partial charge in [-0.25, -0.2) is 9.59 Å². The van der Waals surface area contributed by atoms with Gasteiger partial charge in [0.15, 0.2) is 0 Å². The van der Waals surface area contributed by atoms with E-state index in [0.29, 0.717) is 6.42 Å². The number of ether oxygens (including phenoxy) is 2. The Morgan fingerprint density at radius 3 is 2.57 bits per heavy atom. The number of carbonyl (C=O) groups excluding carboxylic acids is 2. The van der Waals surface area contributed by atoms with Crippen LogP contribution in [-0.4, -0.2) is 35.3 Å². The van der Waals surface area contributed by atoms with E-state index < -0.39 is 53.8 Å². The van der Waals surface area contributed by atoms with Crippen molar-refractivity contribution in [2.75, 3.05) is 6.61 Å². The Morgan fingerprint density at radius 1 is 1.27 bits per heavy atom. The lowest BCUT2D eigenvalue weighted by atomic mass is 9.90. The number of alkyl halides is 3. The number of benzene rings is 1. The predicted octanol–water partition coefficient (Wildman–Crippen LogP) is 3.14. The number of halogens is 3. The summed E-state index contributed by atoms with van der Waals surface area (Å²) in [6.07, 6.45) is -3.81. The highest BCUT2D eigenvalue weighted by molar-refractivity contribution is 5.90. The maximum Gasteiger partial charge on any atom is 0.416 e. The third-order valence-corrected chi connectivity index (χ3v) is 5.60. The van der Waals surface area contributed by atoms with Gasteiger partial charge in [-0.2, -0.15) is 13.2 Å². The van der Waals surface area contributed by atoms with Crippen LogP contribution in [0.4, 0.5) is 18.0 Å². The van der Waals surface area contributed by atoms with Gasteiger partial charge in [-0.15, -0.1) is 0 Å². The van der Waals surface area contributed by atoms with Gasteiger partial charge in [-0.05, 0) is 24.8 Å². The number of carboxylic acid groups (broad SMARTS) is 1. The van der Waals surface area contributed by atoms with Crippen molar-refractivity contribution in [2.24, 2.45) is 17.8 Å². The molecule has 1 amide bonds. The van der Waals surface area contributed by atoms with Crippen LogP contribution in [-0.2, 0) is 31.8 Å². The molecule has 0 spiro atoms. The zero-order chi connectivity index (χ0) is 22.1. The van der Waals surface area contributed by atoms with Crippen molar-refractivity contribution in [3.63, 3.8) is 0 Å². The molecule has 7 nitrogen and oxygen atoms in total. The van der Waals surface area contributed by atoms with E-state index in [1.807, 2.05) is 0 Å². The third kappa shape index (κ3) is 3.99. The van der Waals surface area contributed by atoms with E-state index in [-0.39, 0.29) is 24.5 Å². The number of hydrogen-bond acceptors (Lipinski definition) is 5. The molecule has 3 rings (SSSR count). The molecule has 2 aliphatic carbocycles. The average molecular weight is 427 g/mol. The van der Waals surface area contributed by atoms with Gasteiger partial charge < -0.3 is 19.9 Å². The molecule has 10 heteroatoms. The number of aliphatic carboxylic acids is 1. The number of amides is 1. The summed E-state index contributed by atoms with van der Waals surface area (Å²) >= 11 is 0. The van der Waals surface area contributed by atoms with Gasteiger partial charge in [0, 0.05) is 11.5 Å². The van der Waals surface area contributed by atoms with Gasteiger partial charge in [0.25, 0.3) is 0 Å². The average Bonchev–Trinajstić information content (AvgIpc) is 3.32. The minimum Gasteiger partial charge on any atom is -0.481 e. The van der Waals surface area contributed by atoms with E-state index in [1.165, 1.54) is 24.3 Å². The van der Waals surface area contributed by atoms with Gasteiger partial charge in [-0.3, -0.25) is 4.79 Å². The standard InChI is InChI=1S/C20H20F3NO6/c1-2-9-29-18(28)24-19(8-7-12-14(15(12)19)16(25)26)17(27)30-10-11-5-3-4-6-13(11)20(21,22)23/h2-6,12,14-15H,1,7-10H2,(H,24,28)(H,25,26). The van der Waals surface area contributed by atoms with Gasteiger partial charge in [-0.1, -0.05) is 30.9 Å². The Hall–Kier alpha value is -3.04. The zero-order valence-corrected chi connectivity index (χ0v) is 15.8. The van der Waals surface area contributed by atoms with Crippen molar-refractivity contribution < 1.29 is 42.1 Å². The predicted molar refractivity (Wildman–Crippen MR) is 96.0 cm³/mol. The fraction of sp³-hybridized carbons (Fsp3) is 0.450. The van der Waals surface area contributed by atoms with Crippen molar-refractivity contribution in [1.82, 2.24) is 5.32 Å². The second kappa shape index (κ2) is 8.00. The Labute approximate surface area is 169 Å². The van der Waals surface area contributed by atoms with Gasteiger partial charge in [0.2, 0.25) is 0 Å². The summed E-state index contributed by atoms with van der Waals surface area (Å²) in [5.41, 5.74) is -2.86. The number of fused-ring (bicyclic) bond motifs is 1. The van der Waals surface area contributed by atoms with E-state index in [2.05, 4.69) is 11.9 Å². The van der Waals surface area contributed by atoms with Crippen LogP contribution < -0.4 is 5.32 Å². The minimum absolute atomic E-state index is 0.106. The second-order valence-electron chi connectivity index (χ2n) is 7.31. The summed E-state index contributed by atoms with van der Waals surface area (Å²) in [5.74, 6) is -3.96. The molecular formula is C20H20F3NO6. The van der Waals surface area contributed by atoms with Gasteiger partial charge >= 0.3 is 24.2 Å². The Balaban J connectivity index is 1.80. The first-order valence-electron chi connectivity index (χ1n) is 9.23. The van der Waals surface area contributed by atoms with Crippen LogP contribution in [0, 0.1) is 17.8 Å². The molecule has 0 heterocycles. The SMILES string of the molecule is C=CCOC(=O)NC1(C(=O)OCc2ccccc2C(F)(F)F)CCC2C(C(=O)O)C21. The summed E-state index contributed by atoms with van der Waals surface area (Å²) in [4.78, 5) is 36.5. The van der Waals surface area contributed by atoms with Crippen molar-refractivity contribution in [1.29, 1.82) is 0 Å². The lowest BCUT2D eigenvalue weighted by molar-refractivity contribution is -0.156. The maximum absolute atomic E-state index is 13.2. The molecular weight excluding hydrogens is 407 g/mol. The molecule has 2 aliphatic rings. The molecule has 2 fully saturated rings. The molecule has 4 atom stereocenters. The minimum atomic E-state index is -4.63. The summed E-state index contributed by atoms with van der Waals surface area (Å²) < 4.78 is 49.5. The first-order chi connectivity index (χ1) is 14.1. The van der Waals surface area contributed by atoms with Crippen LogP contribution in [0.15, 0.2) is 36.9 Å². The van der Waals surface area contributed by atoms with Crippen LogP contribution in [0.25, 0.3) is 0 Å². The number of hydrogen-bond donors (Lipinski definition) is 2. The molecule has 0 radical (unpaired) electrons. The fourth-order valence-electron chi connectivity index (χ4n) is 4.29. The first-order valence-corrected chi connectivity index (χ1v) is 9.23. The third-order valence-electron chi connectivity index (χ3n) is 5.60. The van der Waals surface area contributed by atoms with Gasteiger partial charge in [0.05, 0.1) is 11.5 Å². The molecule has 0 saturated heterocycles. The molecule has 1 aromatic carbocycles. The number of carbonyl (C=O) groups is 3. The molecule has 162 valence electrons. The van der Waals surface area contributed by atoms with Crippen LogP contribution in [0.5, 0.6) is 0 Å². The highest BCUT2D eigenvalue weighted by atomic mass is 19.4. The molecule has 30 heavy (non-hydrogen) atoms. The molecule has 0 bridgehead atoms. The van der Waals surface area contributed by atoms with Crippen LogP contribution in [0.3, 0.4) is 0 Å². The number of alkyl carbamates (subject to hydrolysis) is 1. The van der Waals surface area contributed by atoms with Crippen molar-refractivity contribution in [3.05, 3.63) is 48.0 Å². The summed E-state index contributed by atoms with van der Waals surface area (Å²) in [7, 11) is 0. The Bertz CT molecular complexity index is 870. The largest absolute Gasteiger partial charge is 0.481 e. The number of esters is 1. The smallest absolute Gasteiger partial charge is 0.416 e. The summed E-state index contributed by atoms with van der Waals surface area (Å²) in [6, 6.07) is 4.65. The molecule has 4 unspecified atom stereocenters. The highest BCUT2D eigenvalue weighted by Gasteiger charge is 2.72. The lowest BCUT2D eigenvalue weighted by Crippen LogP contribution is -2.56. The lowest BCUT2D eigenvalue weighted by Gasteiger charge is -2.30. The topological polar surface area (TPSA) is 102 Å². The second-order valence-corrected chi connectivity index (χ2v) is 7.31. The highest BCUT2D eigenvalue weighted by Crippen LogP contribution is 2.62. The van der Waals surface area contributed by atoms with Crippen molar-refractivity contribution >= 4 is 18.0 Å². The van der Waals surface area contributed by atoms with E-state index in [4.69, 9.17) is 9.47 Å². The van der Waals surface area contributed by atoms with E-state index in [1.54, 1.807) is 0 Å². The van der Waals surface area contributed by atoms with Crippen molar-refractivity contribution in [3.8, 4) is 0 Å². The van der Waals surface area contributed by atoms with E-state index >= 15 is 0 Å². The van der Waals surface area contributed by atoms with E-state index in [9.17, 15) is 32.7 Å². The fourth-order valence-corrected chi connectivity index (χ4v) is 4.29. The number of nitrogens with one attached hydrogen (secondary N) is 1. The molecule has 0 aromatic heterocycles.